The predicted octanol–water partition coefficient (Wildman–Crippen LogP) is 3.91. The summed E-state index contributed by atoms with van der Waals surface area (Å²) in [5, 5.41) is 4.34. The van der Waals surface area contributed by atoms with Crippen LogP contribution in [0.3, 0.4) is 0 Å². The summed E-state index contributed by atoms with van der Waals surface area (Å²) in [6.07, 6.45) is 5.52. The Hall–Kier alpha value is -3.17. The molecule has 10 heteroatoms. The highest BCUT2D eigenvalue weighted by Crippen LogP contribution is 2.33. The van der Waals surface area contributed by atoms with Crippen molar-refractivity contribution in [3.05, 3.63) is 64.0 Å². The standard InChI is InChI=1S/C21H21F3N6O/c1-13-27-10-15(11-28-13)17-9-16(14-5-3-2-4-6-14)20(31)30(29-17)12-18-19(21(22,23)24)26-8-7-25-18/h7-11,14H,2-6,12H2,1H3. The predicted molar refractivity (Wildman–Crippen MR) is 106 cm³/mol. The van der Waals surface area contributed by atoms with E-state index in [2.05, 4.69) is 25.0 Å². The molecule has 0 radical (unpaired) electrons. The first-order chi connectivity index (χ1) is 14.8. The number of aryl methyl sites for hydroxylation is 1. The van der Waals surface area contributed by atoms with Crippen LogP contribution < -0.4 is 5.56 Å². The van der Waals surface area contributed by atoms with Crippen LogP contribution in [0.4, 0.5) is 13.2 Å². The van der Waals surface area contributed by atoms with Crippen molar-refractivity contribution < 1.29 is 13.2 Å². The Kier molecular flexibility index (Phi) is 5.79. The number of halogens is 3. The maximum Gasteiger partial charge on any atom is 0.435 e. The molecule has 7 nitrogen and oxygen atoms in total. The van der Waals surface area contributed by atoms with Crippen LogP contribution in [-0.4, -0.2) is 29.7 Å². The van der Waals surface area contributed by atoms with Crippen molar-refractivity contribution in [3.8, 4) is 11.3 Å². The monoisotopic (exact) mass is 430 g/mol. The van der Waals surface area contributed by atoms with Gasteiger partial charge in [-0.1, -0.05) is 19.3 Å². The van der Waals surface area contributed by atoms with Crippen LogP contribution in [0.2, 0.25) is 0 Å². The van der Waals surface area contributed by atoms with Crippen molar-refractivity contribution >= 4 is 0 Å². The maximum absolute atomic E-state index is 13.4. The van der Waals surface area contributed by atoms with E-state index >= 15 is 0 Å². The lowest BCUT2D eigenvalue weighted by Crippen LogP contribution is -2.30. The zero-order chi connectivity index (χ0) is 22.0. The number of aromatic nitrogens is 6. The number of hydrogen-bond acceptors (Lipinski definition) is 6. The molecule has 4 rings (SSSR count). The van der Waals surface area contributed by atoms with E-state index in [1.807, 2.05) is 0 Å². The van der Waals surface area contributed by atoms with E-state index in [0.717, 1.165) is 43.0 Å². The van der Waals surface area contributed by atoms with Crippen LogP contribution in [0.15, 0.2) is 35.6 Å². The minimum absolute atomic E-state index is 0.0459. The van der Waals surface area contributed by atoms with Crippen LogP contribution in [0, 0.1) is 6.92 Å². The van der Waals surface area contributed by atoms with Crippen LogP contribution in [0.25, 0.3) is 11.3 Å². The third-order valence-corrected chi connectivity index (χ3v) is 5.47. The Labute approximate surface area is 176 Å². The highest BCUT2D eigenvalue weighted by atomic mass is 19.4. The van der Waals surface area contributed by atoms with Crippen molar-refractivity contribution in [2.45, 2.75) is 57.7 Å². The summed E-state index contributed by atoms with van der Waals surface area (Å²) in [4.78, 5) is 28.8. The van der Waals surface area contributed by atoms with Gasteiger partial charge in [-0.15, -0.1) is 0 Å². The molecule has 3 aromatic rings. The Morgan fingerprint density at radius 1 is 1.03 bits per heavy atom. The lowest BCUT2D eigenvalue weighted by Gasteiger charge is -2.22. The minimum atomic E-state index is -4.68. The zero-order valence-corrected chi connectivity index (χ0v) is 16.9. The van der Waals surface area contributed by atoms with Gasteiger partial charge >= 0.3 is 6.18 Å². The fourth-order valence-electron chi connectivity index (χ4n) is 3.90. The maximum atomic E-state index is 13.4. The van der Waals surface area contributed by atoms with Crippen LogP contribution in [-0.2, 0) is 12.7 Å². The zero-order valence-electron chi connectivity index (χ0n) is 16.9. The molecule has 0 bridgehead atoms. The molecular formula is C21H21F3N6O. The normalized spacial score (nSPS) is 15.2. The van der Waals surface area contributed by atoms with Gasteiger partial charge in [0.05, 0.1) is 17.9 Å². The van der Waals surface area contributed by atoms with Crippen LogP contribution in [0.5, 0.6) is 0 Å². The average molecular weight is 430 g/mol. The first-order valence-electron chi connectivity index (χ1n) is 10.1. The Bertz CT molecular complexity index is 1120. The van der Waals surface area contributed by atoms with E-state index < -0.39 is 24.0 Å². The van der Waals surface area contributed by atoms with Gasteiger partial charge in [0, 0.05) is 35.9 Å². The molecule has 31 heavy (non-hydrogen) atoms. The first kappa shape index (κ1) is 21.1. The lowest BCUT2D eigenvalue weighted by atomic mass is 9.84. The second kappa shape index (κ2) is 8.52. The van der Waals surface area contributed by atoms with Gasteiger partial charge in [0.2, 0.25) is 0 Å². The van der Waals surface area contributed by atoms with Crippen molar-refractivity contribution in [1.29, 1.82) is 0 Å². The topological polar surface area (TPSA) is 86.5 Å². The fraction of sp³-hybridized carbons (Fsp3) is 0.429. The average Bonchev–Trinajstić information content (AvgIpc) is 2.76. The fourth-order valence-corrected chi connectivity index (χ4v) is 3.90. The Balaban J connectivity index is 1.82. The molecule has 1 aliphatic rings. The molecule has 3 aromatic heterocycles. The number of nitrogens with zero attached hydrogens (tertiary/aromatic N) is 6. The first-order valence-corrected chi connectivity index (χ1v) is 10.1. The summed E-state index contributed by atoms with van der Waals surface area (Å²) in [7, 11) is 0. The van der Waals surface area contributed by atoms with Gasteiger partial charge in [-0.05, 0) is 31.7 Å². The van der Waals surface area contributed by atoms with E-state index in [0.29, 0.717) is 22.6 Å². The second-order valence-corrected chi connectivity index (χ2v) is 7.65. The number of hydrogen-bond donors (Lipinski definition) is 0. The van der Waals surface area contributed by atoms with Gasteiger partial charge in [0.1, 0.15) is 5.82 Å². The molecule has 1 aliphatic carbocycles. The molecule has 0 amide bonds. The van der Waals surface area contributed by atoms with E-state index in [9.17, 15) is 18.0 Å². The van der Waals surface area contributed by atoms with E-state index in [-0.39, 0.29) is 11.6 Å². The van der Waals surface area contributed by atoms with E-state index in [4.69, 9.17) is 0 Å². The third-order valence-electron chi connectivity index (χ3n) is 5.47. The summed E-state index contributed by atoms with van der Waals surface area (Å²) < 4.78 is 41.2. The van der Waals surface area contributed by atoms with Gasteiger partial charge in [0.25, 0.3) is 5.56 Å². The second-order valence-electron chi connectivity index (χ2n) is 7.65. The van der Waals surface area contributed by atoms with Gasteiger partial charge in [0.15, 0.2) is 5.69 Å². The number of alkyl halides is 3. The molecule has 0 saturated heterocycles. The highest BCUT2D eigenvalue weighted by Gasteiger charge is 2.36. The van der Waals surface area contributed by atoms with Crippen molar-refractivity contribution in [1.82, 2.24) is 29.7 Å². The molecule has 1 saturated carbocycles. The summed E-state index contributed by atoms with van der Waals surface area (Å²) in [6.45, 7) is 1.32. The van der Waals surface area contributed by atoms with Gasteiger partial charge in [-0.25, -0.2) is 19.6 Å². The third kappa shape index (κ3) is 4.62. The molecule has 0 unspecified atom stereocenters. The summed E-state index contributed by atoms with van der Waals surface area (Å²) in [5.41, 5.74) is -0.280. The molecule has 0 spiro atoms. The van der Waals surface area contributed by atoms with Crippen LogP contribution >= 0.6 is 0 Å². The van der Waals surface area contributed by atoms with E-state index in [1.54, 1.807) is 25.4 Å². The Morgan fingerprint density at radius 2 is 1.71 bits per heavy atom. The lowest BCUT2D eigenvalue weighted by molar-refractivity contribution is -0.142. The van der Waals surface area contributed by atoms with Crippen molar-refractivity contribution in [2.24, 2.45) is 0 Å². The minimum Gasteiger partial charge on any atom is -0.267 e. The molecular weight excluding hydrogens is 409 g/mol. The molecule has 162 valence electrons. The molecule has 0 atom stereocenters. The molecule has 3 heterocycles. The summed E-state index contributed by atoms with van der Waals surface area (Å²) in [5.74, 6) is 0.628. The smallest absolute Gasteiger partial charge is 0.267 e. The molecule has 0 N–H and O–H groups in total. The van der Waals surface area contributed by atoms with Gasteiger partial charge in [-0.3, -0.25) is 9.78 Å². The Morgan fingerprint density at radius 3 is 2.39 bits per heavy atom. The summed E-state index contributed by atoms with van der Waals surface area (Å²) >= 11 is 0. The van der Waals surface area contributed by atoms with Gasteiger partial charge in [-0.2, -0.15) is 18.3 Å². The number of rotatable bonds is 4. The highest BCUT2D eigenvalue weighted by molar-refractivity contribution is 5.57. The quantitative estimate of drug-likeness (QED) is 0.624. The van der Waals surface area contributed by atoms with Crippen LogP contribution in [0.1, 0.15) is 60.8 Å². The molecule has 0 aromatic carbocycles. The molecule has 1 fully saturated rings. The van der Waals surface area contributed by atoms with Gasteiger partial charge < -0.3 is 0 Å². The summed E-state index contributed by atoms with van der Waals surface area (Å²) in [6, 6.07) is 1.73. The molecule has 0 aliphatic heterocycles. The largest absolute Gasteiger partial charge is 0.435 e. The van der Waals surface area contributed by atoms with Crippen molar-refractivity contribution in [2.75, 3.05) is 0 Å². The van der Waals surface area contributed by atoms with Crippen molar-refractivity contribution in [3.63, 3.8) is 0 Å². The van der Waals surface area contributed by atoms with E-state index in [1.165, 1.54) is 6.20 Å². The SMILES string of the molecule is Cc1ncc(-c2cc(C3CCCCC3)c(=O)n(Cc3nccnc3C(F)(F)F)n2)cn1.